The van der Waals surface area contributed by atoms with Crippen LogP contribution in [0.2, 0.25) is 10.0 Å². The van der Waals surface area contributed by atoms with Gasteiger partial charge in [0.2, 0.25) is 10.0 Å². The topological polar surface area (TPSA) is 62.7 Å². The van der Waals surface area contributed by atoms with Gasteiger partial charge in [0.05, 0.1) is 22.8 Å². The normalized spacial score (nSPS) is 15.4. The smallest absolute Gasteiger partial charge is 0.244 e. The number of benzene rings is 2. The van der Waals surface area contributed by atoms with Crippen molar-refractivity contribution in [3.8, 4) is 17.0 Å². The summed E-state index contributed by atoms with van der Waals surface area (Å²) in [6, 6.07) is 12.4. The highest BCUT2D eigenvalue weighted by Gasteiger charge is 2.31. The Hall–Kier alpha value is -1.84. The van der Waals surface area contributed by atoms with Crippen molar-refractivity contribution in [2.45, 2.75) is 4.90 Å². The lowest BCUT2D eigenvalue weighted by atomic mass is 10.2. The number of sulfonamides is 1. The predicted molar refractivity (Wildman–Crippen MR) is 122 cm³/mol. The van der Waals surface area contributed by atoms with Gasteiger partial charge in [0.15, 0.2) is 5.13 Å². The summed E-state index contributed by atoms with van der Waals surface area (Å²) in [7, 11) is -2.07. The highest BCUT2D eigenvalue weighted by atomic mass is 35.5. The summed E-state index contributed by atoms with van der Waals surface area (Å²) < 4.78 is 32.7. The highest BCUT2D eigenvalue weighted by Crippen LogP contribution is 2.33. The summed E-state index contributed by atoms with van der Waals surface area (Å²) in [5, 5.41) is 3.15. The van der Waals surface area contributed by atoms with Gasteiger partial charge in [-0.3, -0.25) is 0 Å². The van der Waals surface area contributed by atoms with Crippen LogP contribution in [0.4, 0.5) is 5.13 Å². The Balaban J connectivity index is 1.47. The first-order valence-corrected chi connectivity index (χ1v) is 12.3. The monoisotopic (exact) mass is 483 g/mol. The minimum atomic E-state index is -3.71. The SMILES string of the molecule is COc1cccc(-c2csc(N3CCN(S(=O)(=O)c4cccc(Cl)c4Cl)CC3)n2)c1. The van der Waals surface area contributed by atoms with Crippen molar-refractivity contribution >= 4 is 49.7 Å². The van der Waals surface area contributed by atoms with Gasteiger partial charge < -0.3 is 9.64 Å². The zero-order valence-corrected chi connectivity index (χ0v) is 19.2. The lowest BCUT2D eigenvalue weighted by molar-refractivity contribution is 0.385. The van der Waals surface area contributed by atoms with E-state index in [0.717, 1.165) is 22.1 Å². The van der Waals surface area contributed by atoms with Crippen LogP contribution in [0.15, 0.2) is 52.7 Å². The number of thiazole rings is 1. The molecular weight excluding hydrogens is 465 g/mol. The molecule has 0 aliphatic carbocycles. The maximum absolute atomic E-state index is 13.0. The van der Waals surface area contributed by atoms with Crippen molar-refractivity contribution < 1.29 is 13.2 Å². The van der Waals surface area contributed by atoms with Crippen LogP contribution in [0.25, 0.3) is 11.3 Å². The van der Waals surface area contributed by atoms with Crippen molar-refractivity contribution in [3.63, 3.8) is 0 Å². The van der Waals surface area contributed by atoms with E-state index in [9.17, 15) is 8.42 Å². The Morgan fingerprint density at radius 1 is 1.07 bits per heavy atom. The third-order valence-corrected chi connectivity index (χ3v) is 8.67. The molecule has 0 atom stereocenters. The van der Waals surface area contributed by atoms with Gasteiger partial charge in [-0.2, -0.15) is 4.31 Å². The number of nitrogens with zero attached hydrogens (tertiary/aromatic N) is 3. The number of hydrogen-bond donors (Lipinski definition) is 0. The Kier molecular flexibility index (Phi) is 6.22. The van der Waals surface area contributed by atoms with Gasteiger partial charge in [-0.25, -0.2) is 13.4 Å². The Morgan fingerprint density at radius 2 is 1.80 bits per heavy atom. The number of piperazine rings is 1. The van der Waals surface area contributed by atoms with Crippen molar-refractivity contribution in [2.24, 2.45) is 0 Å². The molecule has 0 unspecified atom stereocenters. The molecule has 10 heteroatoms. The lowest BCUT2D eigenvalue weighted by Crippen LogP contribution is -2.48. The average molecular weight is 484 g/mol. The van der Waals surface area contributed by atoms with Crippen LogP contribution in [-0.4, -0.2) is 51.0 Å². The molecule has 3 aromatic rings. The standard InChI is InChI=1S/C20H19Cl2N3O3S2/c1-28-15-5-2-4-14(12-15)17-13-29-20(23-17)24-8-10-25(11-9-24)30(26,27)18-7-3-6-16(21)19(18)22/h2-7,12-13H,8-11H2,1H3. The van der Waals surface area contributed by atoms with Crippen LogP contribution in [0.1, 0.15) is 0 Å². The van der Waals surface area contributed by atoms with Crippen LogP contribution < -0.4 is 9.64 Å². The third-order valence-electron chi connectivity index (χ3n) is 4.90. The van der Waals surface area contributed by atoms with Crippen LogP contribution >= 0.6 is 34.5 Å². The second-order valence-electron chi connectivity index (χ2n) is 6.69. The van der Waals surface area contributed by atoms with Gasteiger partial charge in [0, 0.05) is 37.1 Å². The number of ether oxygens (including phenoxy) is 1. The van der Waals surface area contributed by atoms with E-state index in [1.807, 2.05) is 29.6 Å². The zero-order chi connectivity index (χ0) is 21.3. The van der Waals surface area contributed by atoms with Crippen LogP contribution in [-0.2, 0) is 10.0 Å². The molecule has 0 N–H and O–H groups in total. The van der Waals surface area contributed by atoms with Gasteiger partial charge >= 0.3 is 0 Å². The Labute approximate surface area is 189 Å². The van der Waals surface area contributed by atoms with E-state index >= 15 is 0 Å². The fourth-order valence-electron chi connectivity index (χ4n) is 3.27. The van der Waals surface area contributed by atoms with E-state index in [4.69, 9.17) is 32.9 Å². The number of aromatic nitrogens is 1. The van der Waals surface area contributed by atoms with Crippen molar-refractivity contribution in [1.82, 2.24) is 9.29 Å². The molecule has 0 saturated carbocycles. The van der Waals surface area contributed by atoms with Gasteiger partial charge in [0.25, 0.3) is 0 Å². The van der Waals surface area contributed by atoms with E-state index in [1.54, 1.807) is 30.6 Å². The zero-order valence-electron chi connectivity index (χ0n) is 16.1. The number of hydrogen-bond acceptors (Lipinski definition) is 6. The van der Waals surface area contributed by atoms with Crippen LogP contribution in [0.5, 0.6) is 5.75 Å². The third kappa shape index (κ3) is 4.15. The maximum Gasteiger partial charge on any atom is 0.244 e. The van der Waals surface area contributed by atoms with E-state index in [0.29, 0.717) is 26.2 Å². The molecule has 1 fully saturated rings. The summed E-state index contributed by atoms with van der Waals surface area (Å²) in [6.07, 6.45) is 0. The number of anilines is 1. The summed E-state index contributed by atoms with van der Waals surface area (Å²) in [5.74, 6) is 0.778. The Morgan fingerprint density at radius 3 is 2.53 bits per heavy atom. The maximum atomic E-state index is 13.0. The van der Waals surface area contributed by atoms with E-state index < -0.39 is 10.0 Å². The second kappa shape index (κ2) is 8.72. The quantitative estimate of drug-likeness (QED) is 0.528. The van der Waals surface area contributed by atoms with E-state index in [2.05, 4.69) is 4.90 Å². The van der Waals surface area contributed by atoms with Crippen molar-refractivity contribution in [3.05, 3.63) is 57.9 Å². The molecule has 2 heterocycles. The molecule has 1 aliphatic rings. The van der Waals surface area contributed by atoms with Gasteiger partial charge in [-0.1, -0.05) is 41.4 Å². The average Bonchev–Trinajstić information content (AvgIpc) is 3.26. The van der Waals surface area contributed by atoms with Gasteiger partial charge in [-0.05, 0) is 24.3 Å². The van der Waals surface area contributed by atoms with Gasteiger partial charge in [-0.15, -0.1) is 11.3 Å². The molecular formula is C20H19Cl2N3O3S2. The molecule has 0 spiro atoms. The second-order valence-corrected chi connectivity index (χ2v) is 10.2. The van der Waals surface area contributed by atoms with E-state index in [1.165, 1.54) is 10.4 Å². The molecule has 30 heavy (non-hydrogen) atoms. The molecule has 158 valence electrons. The fraction of sp³-hybridized carbons (Fsp3) is 0.250. The minimum absolute atomic E-state index is 0.0414. The van der Waals surface area contributed by atoms with Crippen molar-refractivity contribution in [1.29, 1.82) is 0 Å². The summed E-state index contributed by atoms with van der Waals surface area (Å²) >= 11 is 13.7. The summed E-state index contributed by atoms with van der Waals surface area (Å²) in [6.45, 7) is 1.78. The first-order chi connectivity index (χ1) is 14.4. The largest absolute Gasteiger partial charge is 0.497 e. The molecule has 1 saturated heterocycles. The van der Waals surface area contributed by atoms with Crippen LogP contribution in [0.3, 0.4) is 0 Å². The van der Waals surface area contributed by atoms with Crippen molar-refractivity contribution in [2.75, 3.05) is 38.2 Å². The van der Waals surface area contributed by atoms with E-state index in [-0.39, 0.29) is 14.9 Å². The minimum Gasteiger partial charge on any atom is -0.497 e. The number of methoxy groups -OCH3 is 1. The van der Waals surface area contributed by atoms with Gasteiger partial charge in [0.1, 0.15) is 10.6 Å². The Bertz CT molecular complexity index is 1160. The summed E-state index contributed by atoms with van der Waals surface area (Å²) in [4.78, 5) is 6.87. The highest BCUT2D eigenvalue weighted by molar-refractivity contribution is 7.89. The molecule has 0 bridgehead atoms. The summed E-state index contributed by atoms with van der Waals surface area (Å²) in [5.41, 5.74) is 1.85. The number of rotatable bonds is 5. The molecule has 2 aromatic carbocycles. The first-order valence-electron chi connectivity index (χ1n) is 9.19. The molecule has 6 nitrogen and oxygen atoms in total. The number of halogens is 2. The molecule has 0 amide bonds. The molecule has 1 aromatic heterocycles. The van der Waals surface area contributed by atoms with Crippen LogP contribution in [0, 0.1) is 0 Å². The first kappa shape index (κ1) is 21.4. The predicted octanol–water partition coefficient (Wildman–Crippen LogP) is 4.64. The molecule has 4 rings (SSSR count). The molecule has 1 aliphatic heterocycles. The lowest BCUT2D eigenvalue weighted by Gasteiger charge is -2.34. The fourth-order valence-corrected chi connectivity index (χ4v) is 6.31. The molecule has 0 radical (unpaired) electrons.